The zero-order chi connectivity index (χ0) is 14.7. The van der Waals surface area contributed by atoms with E-state index in [4.69, 9.17) is 16.6 Å². The van der Waals surface area contributed by atoms with Gasteiger partial charge < -0.3 is 5.32 Å². The molecule has 1 aromatic heterocycles. The Balaban J connectivity index is 1.73. The first-order valence-corrected chi connectivity index (χ1v) is 8.91. The van der Waals surface area contributed by atoms with E-state index in [1.807, 2.05) is 6.07 Å². The van der Waals surface area contributed by atoms with Gasteiger partial charge in [-0.3, -0.25) is 0 Å². The molecule has 1 N–H and O–H groups in total. The fourth-order valence-corrected chi connectivity index (χ4v) is 3.96. The second kappa shape index (κ2) is 6.95. The fraction of sp³-hybridized carbons (Fsp3) is 0.765. The third kappa shape index (κ3) is 3.88. The summed E-state index contributed by atoms with van der Waals surface area (Å²) in [5.41, 5.74) is 0. The van der Waals surface area contributed by atoms with Crippen molar-refractivity contribution < 1.29 is 0 Å². The van der Waals surface area contributed by atoms with E-state index in [0.29, 0.717) is 23.0 Å². The van der Waals surface area contributed by atoms with Gasteiger partial charge >= 0.3 is 0 Å². The third-order valence-corrected chi connectivity index (χ3v) is 5.32. The minimum Gasteiger partial charge on any atom is -0.367 e. The van der Waals surface area contributed by atoms with Gasteiger partial charge in [0, 0.05) is 18.0 Å². The van der Waals surface area contributed by atoms with Crippen LogP contribution in [-0.2, 0) is 0 Å². The number of hydrogen-bond acceptors (Lipinski definition) is 3. The van der Waals surface area contributed by atoms with Crippen LogP contribution in [0.3, 0.4) is 0 Å². The van der Waals surface area contributed by atoms with E-state index in [1.54, 1.807) is 0 Å². The van der Waals surface area contributed by atoms with Gasteiger partial charge in [0.1, 0.15) is 16.8 Å². The molecule has 4 heteroatoms. The first-order valence-electron chi connectivity index (χ1n) is 8.53. The van der Waals surface area contributed by atoms with E-state index in [1.165, 1.54) is 57.8 Å². The van der Waals surface area contributed by atoms with Crippen molar-refractivity contribution in [2.75, 3.05) is 5.32 Å². The summed E-state index contributed by atoms with van der Waals surface area (Å²) < 4.78 is 0. The number of rotatable bonds is 3. The van der Waals surface area contributed by atoms with Crippen molar-refractivity contribution in [3.05, 3.63) is 17.0 Å². The van der Waals surface area contributed by atoms with E-state index in [0.717, 1.165) is 11.6 Å². The lowest BCUT2D eigenvalue weighted by Crippen LogP contribution is -2.30. The van der Waals surface area contributed by atoms with Crippen molar-refractivity contribution in [1.29, 1.82) is 0 Å². The minimum absolute atomic E-state index is 0.502. The molecule has 3 nitrogen and oxygen atoms in total. The van der Waals surface area contributed by atoms with Crippen LogP contribution in [0.5, 0.6) is 0 Å². The highest BCUT2D eigenvalue weighted by atomic mass is 35.5. The summed E-state index contributed by atoms with van der Waals surface area (Å²) in [7, 11) is 0. The SMILES string of the molecule is CC1CCCCC1Nc1cc(Cl)nc(C2CCCCC2)n1. The Morgan fingerprint density at radius 3 is 2.48 bits per heavy atom. The van der Waals surface area contributed by atoms with Gasteiger partial charge in [0.05, 0.1) is 0 Å². The summed E-state index contributed by atoms with van der Waals surface area (Å²) in [6.45, 7) is 2.33. The molecular formula is C17H26ClN3. The summed E-state index contributed by atoms with van der Waals surface area (Å²) in [6, 6.07) is 2.42. The molecule has 0 saturated heterocycles. The Labute approximate surface area is 132 Å². The van der Waals surface area contributed by atoms with E-state index >= 15 is 0 Å². The molecule has 0 amide bonds. The molecule has 1 heterocycles. The van der Waals surface area contributed by atoms with Crippen LogP contribution >= 0.6 is 11.6 Å². The van der Waals surface area contributed by atoms with Crippen LogP contribution in [0.15, 0.2) is 6.07 Å². The van der Waals surface area contributed by atoms with Crippen molar-refractivity contribution in [3.63, 3.8) is 0 Å². The number of aromatic nitrogens is 2. The molecule has 2 aliphatic rings. The van der Waals surface area contributed by atoms with Crippen LogP contribution < -0.4 is 5.32 Å². The molecule has 0 spiro atoms. The van der Waals surface area contributed by atoms with E-state index in [9.17, 15) is 0 Å². The normalized spacial score (nSPS) is 27.5. The molecule has 21 heavy (non-hydrogen) atoms. The first kappa shape index (κ1) is 15.1. The maximum absolute atomic E-state index is 6.23. The zero-order valence-corrected chi connectivity index (χ0v) is 13.7. The van der Waals surface area contributed by atoms with Crippen molar-refractivity contribution in [1.82, 2.24) is 9.97 Å². The Morgan fingerprint density at radius 1 is 1.00 bits per heavy atom. The summed E-state index contributed by atoms with van der Waals surface area (Å²) in [6.07, 6.45) is 11.6. The largest absolute Gasteiger partial charge is 0.367 e. The van der Waals surface area contributed by atoms with Crippen molar-refractivity contribution >= 4 is 17.4 Å². The topological polar surface area (TPSA) is 37.8 Å². The number of anilines is 1. The Morgan fingerprint density at radius 2 is 1.71 bits per heavy atom. The van der Waals surface area contributed by atoms with Gasteiger partial charge in [-0.25, -0.2) is 9.97 Å². The molecule has 116 valence electrons. The molecule has 2 unspecified atom stereocenters. The summed E-state index contributed by atoms with van der Waals surface area (Å²) in [5, 5.41) is 4.20. The van der Waals surface area contributed by atoms with Gasteiger partial charge in [-0.15, -0.1) is 0 Å². The molecule has 0 aliphatic heterocycles. The summed E-state index contributed by atoms with van der Waals surface area (Å²) >= 11 is 6.23. The number of nitrogens with zero attached hydrogens (tertiary/aromatic N) is 2. The van der Waals surface area contributed by atoms with Crippen molar-refractivity contribution in [2.24, 2.45) is 5.92 Å². The smallest absolute Gasteiger partial charge is 0.135 e. The number of nitrogens with one attached hydrogen (secondary N) is 1. The highest BCUT2D eigenvalue weighted by molar-refractivity contribution is 6.29. The van der Waals surface area contributed by atoms with E-state index < -0.39 is 0 Å². The molecule has 3 rings (SSSR count). The predicted octanol–water partition coefficient (Wildman–Crippen LogP) is 5.17. The fourth-order valence-electron chi connectivity index (χ4n) is 3.77. The molecule has 2 fully saturated rings. The lowest BCUT2D eigenvalue weighted by atomic mass is 9.86. The lowest BCUT2D eigenvalue weighted by Gasteiger charge is -2.30. The average Bonchev–Trinajstić information content (AvgIpc) is 2.50. The standard InChI is InChI=1S/C17H26ClN3/c1-12-7-5-6-10-14(12)19-16-11-15(18)20-17(21-16)13-8-3-2-4-9-13/h11-14H,2-10H2,1H3,(H,19,20,21). The van der Waals surface area contributed by atoms with Gasteiger partial charge in [0.2, 0.25) is 0 Å². The van der Waals surface area contributed by atoms with Crippen LogP contribution in [0.4, 0.5) is 5.82 Å². The second-order valence-electron chi connectivity index (χ2n) is 6.78. The van der Waals surface area contributed by atoms with Gasteiger partial charge in [-0.2, -0.15) is 0 Å². The molecule has 0 aromatic carbocycles. The average molecular weight is 308 g/mol. The van der Waals surface area contributed by atoms with Crippen molar-refractivity contribution in [2.45, 2.75) is 76.7 Å². The molecule has 1 aromatic rings. The highest BCUT2D eigenvalue weighted by Gasteiger charge is 2.23. The maximum Gasteiger partial charge on any atom is 0.135 e. The molecule has 2 aliphatic carbocycles. The van der Waals surface area contributed by atoms with Crippen LogP contribution in [0.2, 0.25) is 5.15 Å². The third-order valence-electron chi connectivity index (χ3n) is 5.13. The monoisotopic (exact) mass is 307 g/mol. The second-order valence-corrected chi connectivity index (χ2v) is 7.17. The number of halogens is 1. The van der Waals surface area contributed by atoms with Gasteiger partial charge in [0.25, 0.3) is 0 Å². The van der Waals surface area contributed by atoms with Gasteiger partial charge in [-0.1, -0.05) is 50.6 Å². The lowest BCUT2D eigenvalue weighted by molar-refractivity contribution is 0.348. The van der Waals surface area contributed by atoms with Gasteiger partial charge in [-0.05, 0) is 31.6 Å². The van der Waals surface area contributed by atoms with Crippen LogP contribution in [0.25, 0.3) is 0 Å². The molecule has 0 radical (unpaired) electrons. The quantitative estimate of drug-likeness (QED) is 0.783. The van der Waals surface area contributed by atoms with Crippen LogP contribution in [-0.4, -0.2) is 16.0 Å². The summed E-state index contributed by atoms with van der Waals surface area (Å²) in [5.74, 6) is 3.09. The number of hydrogen-bond donors (Lipinski definition) is 1. The van der Waals surface area contributed by atoms with Crippen molar-refractivity contribution in [3.8, 4) is 0 Å². The maximum atomic E-state index is 6.23. The summed E-state index contributed by atoms with van der Waals surface area (Å²) in [4.78, 5) is 9.26. The van der Waals surface area contributed by atoms with E-state index in [2.05, 4.69) is 17.2 Å². The molecule has 2 saturated carbocycles. The Bertz CT molecular complexity index is 471. The highest BCUT2D eigenvalue weighted by Crippen LogP contribution is 2.32. The predicted molar refractivity (Wildman–Crippen MR) is 87.9 cm³/mol. The van der Waals surface area contributed by atoms with Crippen LogP contribution in [0, 0.1) is 5.92 Å². The van der Waals surface area contributed by atoms with E-state index in [-0.39, 0.29) is 0 Å². The Kier molecular flexibility index (Phi) is 4.99. The molecule has 0 bridgehead atoms. The minimum atomic E-state index is 0.502. The first-order chi connectivity index (χ1) is 10.2. The van der Waals surface area contributed by atoms with Gasteiger partial charge in [0.15, 0.2) is 0 Å². The molecular weight excluding hydrogens is 282 g/mol. The Hall–Kier alpha value is -0.830. The zero-order valence-electron chi connectivity index (χ0n) is 12.9. The molecule has 2 atom stereocenters. The van der Waals surface area contributed by atoms with Crippen LogP contribution in [0.1, 0.15) is 76.5 Å².